The zero-order valence-corrected chi connectivity index (χ0v) is 14.8. The van der Waals surface area contributed by atoms with Crippen LogP contribution in [-0.4, -0.2) is 22.9 Å². The van der Waals surface area contributed by atoms with E-state index in [2.05, 4.69) is 9.97 Å². The van der Waals surface area contributed by atoms with Gasteiger partial charge in [0, 0.05) is 46.4 Å². The Kier molecular flexibility index (Phi) is 4.08. The van der Waals surface area contributed by atoms with Gasteiger partial charge >= 0.3 is 0 Å². The van der Waals surface area contributed by atoms with Crippen molar-refractivity contribution in [2.45, 2.75) is 6.42 Å². The maximum absolute atomic E-state index is 13.2. The third-order valence-electron chi connectivity index (χ3n) is 4.66. The zero-order valence-electron chi connectivity index (χ0n) is 14.8. The summed E-state index contributed by atoms with van der Waals surface area (Å²) in [4.78, 5) is 21.6. The van der Waals surface area contributed by atoms with Crippen LogP contribution < -0.4 is 16.2 Å². The molecule has 27 heavy (non-hydrogen) atoms. The Bertz CT molecular complexity index is 1070. The Balaban J connectivity index is 1.85. The van der Waals surface area contributed by atoms with Gasteiger partial charge in [-0.3, -0.25) is 4.79 Å². The summed E-state index contributed by atoms with van der Waals surface area (Å²) < 4.78 is 5.12. The van der Waals surface area contributed by atoms with Crippen LogP contribution >= 0.6 is 0 Å². The zero-order chi connectivity index (χ0) is 19.0. The number of allylic oxidation sites excluding steroid dienone is 2. The molecule has 6 nitrogen and oxygen atoms in total. The molecule has 0 amide bonds. The second kappa shape index (κ2) is 6.57. The van der Waals surface area contributed by atoms with Crippen molar-refractivity contribution < 1.29 is 9.53 Å². The van der Waals surface area contributed by atoms with Gasteiger partial charge in [-0.15, -0.1) is 0 Å². The number of Topliss-reactive ketones (excluding diaryl/α,β-unsaturated/α-hetero) is 1. The summed E-state index contributed by atoms with van der Waals surface area (Å²) in [6.07, 6.45) is 5.84. The Hall–Kier alpha value is -3.67. The predicted molar refractivity (Wildman–Crippen MR) is 105 cm³/mol. The number of carbonyl (C=O) groups is 1. The van der Waals surface area contributed by atoms with Gasteiger partial charge in [0.2, 0.25) is 5.88 Å². The molecule has 0 unspecified atom stereocenters. The number of hydrogen-bond acceptors (Lipinski definition) is 6. The lowest BCUT2D eigenvalue weighted by Crippen LogP contribution is -2.14. The number of hydrogen-bond donors (Lipinski definition) is 2. The third-order valence-corrected chi connectivity index (χ3v) is 4.66. The van der Waals surface area contributed by atoms with Crippen LogP contribution in [0.3, 0.4) is 0 Å². The molecule has 0 aliphatic heterocycles. The minimum Gasteiger partial charge on any atom is -0.481 e. The van der Waals surface area contributed by atoms with E-state index in [9.17, 15) is 4.79 Å². The summed E-state index contributed by atoms with van der Waals surface area (Å²) >= 11 is 0. The number of rotatable bonds is 3. The summed E-state index contributed by atoms with van der Waals surface area (Å²) in [6.45, 7) is 0. The van der Waals surface area contributed by atoms with Crippen LogP contribution in [0.15, 0.2) is 54.9 Å². The minimum absolute atomic E-state index is 0.106. The molecule has 2 heterocycles. The van der Waals surface area contributed by atoms with E-state index in [1.165, 1.54) is 0 Å². The molecule has 4 rings (SSSR count). The summed E-state index contributed by atoms with van der Waals surface area (Å²) in [5.74, 6) is 0.709. The Labute approximate surface area is 156 Å². The number of carbonyl (C=O) groups excluding carboxylic acids is 1. The highest BCUT2D eigenvalue weighted by atomic mass is 16.5. The number of nitrogens with two attached hydrogens (primary N) is 2. The maximum atomic E-state index is 13.2. The molecular formula is C21H18N4O2. The minimum atomic E-state index is -0.106. The lowest BCUT2D eigenvalue weighted by Gasteiger charge is -2.20. The van der Waals surface area contributed by atoms with E-state index in [-0.39, 0.29) is 5.78 Å². The van der Waals surface area contributed by atoms with Crippen LogP contribution in [0.25, 0.3) is 16.7 Å². The summed E-state index contributed by atoms with van der Waals surface area (Å²) in [5, 5.41) is 0. The number of aromatic nitrogens is 2. The van der Waals surface area contributed by atoms with Gasteiger partial charge in [-0.1, -0.05) is 12.1 Å². The van der Waals surface area contributed by atoms with Crippen molar-refractivity contribution >= 4 is 22.9 Å². The summed E-state index contributed by atoms with van der Waals surface area (Å²) in [6, 6.07) is 10.9. The molecular weight excluding hydrogens is 340 g/mol. The Morgan fingerprint density at radius 3 is 2.63 bits per heavy atom. The first-order valence-corrected chi connectivity index (χ1v) is 8.47. The number of ether oxygens (including phenoxy) is 1. The smallest absolute Gasteiger partial charge is 0.212 e. The van der Waals surface area contributed by atoms with Crippen LogP contribution in [-0.2, 0) is 6.42 Å². The standard InChI is InChI=1S/C21H18N4O2/c1-27-18-7-4-13(11-25-18)15-8-9-24-21(23)19(15)16-6-3-12-2-5-14(22)10-17(12)20(16)26/h2,4-11H,3,22H2,1H3,(H2,23,24). The average Bonchev–Trinajstić information content (AvgIpc) is 2.69. The highest BCUT2D eigenvalue weighted by molar-refractivity contribution is 6.32. The molecule has 0 atom stereocenters. The molecule has 0 spiro atoms. The number of fused-ring (bicyclic) bond motifs is 1. The van der Waals surface area contributed by atoms with Crippen molar-refractivity contribution in [3.63, 3.8) is 0 Å². The summed E-state index contributed by atoms with van der Waals surface area (Å²) in [5.41, 5.74) is 16.9. The van der Waals surface area contributed by atoms with Crippen molar-refractivity contribution in [2.24, 2.45) is 0 Å². The molecule has 1 aromatic carbocycles. The first kappa shape index (κ1) is 16.8. The lowest BCUT2D eigenvalue weighted by molar-refractivity contribution is 0.105. The summed E-state index contributed by atoms with van der Waals surface area (Å²) in [7, 11) is 1.56. The molecule has 0 radical (unpaired) electrons. The third kappa shape index (κ3) is 2.91. The molecule has 0 saturated carbocycles. The molecule has 134 valence electrons. The van der Waals surface area contributed by atoms with Crippen LogP contribution in [0.2, 0.25) is 0 Å². The second-order valence-corrected chi connectivity index (χ2v) is 6.28. The molecule has 3 aromatic rings. The number of ketones is 1. The van der Waals surface area contributed by atoms with Gasteiger partial charge in [0.1, 0.15) is 5.82 Å². The monoisotopic (exact) mass is 358 g/mol. The highest BCUT2D eigenvalue weighted by Crippen LogP contribution is 2.37. The SMILES string of the molecule is COc1ccc(-c2ccnc(N)c2C2=CCc3ccc(N)cc3C2=O)cn1. The molecule has 1 aliphatic carbocycles. The number of benzene rings is 1. The van der Waals surface area contributed by atoms with Crippen molar-refractivity contribution in [3.8, 4) is 17.0 Å². The Morgan fingerprint density at radius 2 is 1.89 bits per heavy atom. The van der Waals surface area contributed by atoms with Gasteiger partial charge in [0.05, 0.1) is 7.11 Å². The van der Waals surface area contributed by atoms with E-state index in [4.69, 9.17) is 16.2 Å². The van der Waals surface area contributed by atoms with Gasteiger partial charge in [-0.05, 0) is 41.8 Å². The molecule has 0 bridgehead atoms. The molecule has 4 N–H and O–H groups in total. The molecule has 1 aliphatic rings. The van der Waals surface area contributed by atoms with E-state index < -0.39 is 0 Å². The molecule has 2 aromatic heterocycles. The lowest BCUT2D eigenvalue weighted by atomic mass is 9.84. The first-order valence-electron chi connectivity index (χ1n) is 8.47. The van der Waals surface area contributed by atoms with Gasteiger partial charge in [0.15, 0.2) is 5.78 Å². The fraction of sp³-hybridized carbons (Fsp3) is 0.0952. The number of nitrogen functional groups attached to an aromatic ring is 2. The van der Waals surface area contributed by atoms with Crippen molar-refractivity contribution in [2.75, 3.05) is 18.6 Å². The quantitative estimate of drug-likeness (QED) is 0.697. The fourth-order valence-corrected chi connectivity index (χ4v) is 3.31. The number of nitrogens with zero attached hydrogens (tertiary/aromatic N) is 2. The molecule has 0 saturated heterocycles. The highest BCUT2D eigenvalue weighted by Gasteiger charge is 2.26. The Morgan fingerprint density at radius 1 is 1.04 bits per heavy atom. The number of methoxy groups -OCH3 is 1. The second-order valence-electron chi connectivity index (χ2n) is 6.28. The van der Waals surface area contributed by atoms with E-state index >= 15 is 0 Å². The van der Waals surface area contributed by atoms with E-state index in [1.807, 2.05) is 24.3 Å². The van der Waals surface area contributed by atoms with E-state index in [1.54, 1.807) is 37.7 Å². The average molecular weight is 358 g/mol. The van der Waals surface area contributed by atoms with Crippen LogP contribution in [0, 0.1) is 0 Å². The molecule has 6 heteroatoms. The van der Waals surface area contributed by atoms with Gasteiger partial charge in [0.25, 0.3) is 0 Å². The fourth-order valence-electron chi connectivity index (χ4n) is 3.31. The van der Waals surface area contributed by atoms with E-state index in [0.29, 0.717) is 40.5 Å². The van der Waals surface area contributed by atoms with Gasteiger partial charge < -0.3 is 16.2 Å². The normalized spacial score (nSPS) is 13.1. The van der Waals surface area contributed by atoms with Crippen molar-refractivity contribution in [3.05, 3.63) is 71.6 Å². The number of anilines is 2. The van der Waals surface area contributed by atoms with Crippen LogP contribution in [0.5, 0.6) is 5.88 Å². The van der Waals surface area contributed by atoms with Crippen LogP contribution in [0.4, 0.5) is 11.5 Å². The van der Waals surface area contributed by atoms with E-state index in [0.717, 1.165) is 16.7 Å². The largest absolute Gasteiger partial charge is 0.481 e. The van der Waals surface area contributed by atoms with Gasteiger partial charge in [-0.2, -0.15) is 0 Å². The maximum Gasteiger partial charge on any atom is 0.212 e. The van der Waals surface area contributed by atoms with Crippen molar-refractivity contribution in [1.29, 1.82) is 0 Å². The van der Waals surface area contributed by atoms with Crippen molar-refractivity contribution in [1.82, 2.24) is 9.97 Å². The molecule has 0 fully saturated rings. The topological polar surface area (TPSA) is 104 Å². The van der Waals surface area contributed by atoms with Crippen LogP contribution in [0.1, 0.15) is 21.5 Å². The predicted octanol–water partition coefficient (Wildman–Crippen LogP) is 3.14. The van der Waals surface area contributed by atoms with Gasteiger partial charge in [-0.25, -0.2) is 9.97 Å². The first-order chi connectivity index (χ1) is 13.1. The number of pyridine rings is 2.